The van der Waals surface area contributed by atoms with Crippen molar-refractivity contribution in [3.8, 4) is 0 Å². The Kier molecular flexibility index (Phi) is 9.36. The van der Waals surface area contributed by atoms with E-state index in [0.717, 1.165) is 11.5 Å². The minimum absolute atomic E-state index is 0.445. The van der Waals surface area contributed by atoms with Crippen LogP contribution in [-0.2, 0) is 9.59 Å². The van der Waals surface area contributed by atoms with Crippen molar-refractivity contribution in [2.45, 2.75) is 38.6 Å². The second kappa shape index (κ2) is 9.83. The molecule has 0 fully saturated rings. The average molecular weight is 233 g/mol. The Morgan fingerprint density at radius 1 is 1.47 bits per heavy atom. The Morgan fingerprint density at radius 2 is 2.20 bits per heavy atom. The van der Waals surface area contributed by atoms with Gasteiger partial charge in [-0.2, -0.15) is 11.8 Å². The van der Waals surface area contributed by atoms with Gasteiger partial charge in [-0.05, 0) is 24.3 Å². The Hall–Kier alpha value is -0.710. The van der Waals surface area contributed by atoms with Crippen LogP contribution in [0.25, 0.3) is 0 Å². The van der Waals surface area contributed by atoms with Crippen LogP contribution in [0.5, 0.6) is 0 Å². The number of carbonyl (C=O) groups excluding carboxylic acids is 1. The van der Waals surface area contributed by atoms with Gasteiger partial charge in [-0.3, -0.25) is 4.79 Å². The number of amides is 1. The summed E-state index contributed by atoms with van der Waals surface area (Å²) in [6, 6.07) is -0.735. The summed E-state index contributed by atoms with van der Waals surface area (Å²) in [6.07, 6.45) is 4.54. The molecule has 0 aliphatic carbocycles. The van der Waals surface area contributed by atoms with Crippen molar-refractivity contribution in [2.24, 2.45) is 0 Å². The fraction of sp³-hybridized carbons (Fsp3) is 0.800. The molecule has 0 aromatic heterocycles. The van der Waals surface area contributed by atoms with Crippen LogP contribution in [0, 0.1) is 0 Å². The zero-order valence-electron chi connectivity index (χ0n) is 9.07. The Balaban J connectivity index is 3.45. The Morgan fingerprint density at radius 3 is 2.73 bits per heavy atom. The van der Waals surface area contributed by atoms with Gasteiger partial charge >= 0.3 is 5.97 Å². The number of aliphatic carboxylic acids is 1. The summed E-state index contributed by atoms with van der Waals surface area (Å²) in [4.78, 5) is 20.7. The van der Waals surface area contributed by atoms with Crippen LogP contribution < -0.4 is 5.32 Å². The largest absolute Gasteiger partial charge is 0.480 e. The van der Waals surface area contributed by atoms with Crippen molar-refractivity contribution in [2.75, 3.05) is 11.5 Å². The summed E-state index contributed by atoms with van der Waals surface area (Å²) >= 11 is 1.75. The van der Waals surface area contributed by atoms with E-state index in [1.807, 2.05) is 0 Å². The number of carboxylic acid groups (broad SMARTS) is 1. The maximum absolute atomic E-state index is 10.6. The van der Waals surface area contributed by atoms with E-state index in [0.29, 0.717) is 12.8 Å². The number of nitrogens with one attached hydrogen (secondary N) is 1. The lowest BCUT2D eigenvalue weighted by Gasteiger charge is -2.10. The molecule has 0 spiro atoms. The molecule has 4 nitrogen and oxygen atoms in total. The van der Waals surface area contributed by atoms with Gasteiger partial charge in [0.15, 0.2) is 0 Å². The van der Waals surface area contributed by atoms with Gasteiger partial charge in [0.05, 0.1) is 0 Å². The van der Waals surface area contributed by atoms with E-state index in [4.69, 9.17) is 5.11 Å². The van der Waals surface area contributed by atoms with Crippen molar-refractivity contribution in [1.29, 1.82) is 0 Å². The second-order valence-corrected chi connectivity index (χ2v) is 4.51. The Labute approximate surface area is 94.8 Å². The van der Waals surface area contributed by atoms with Gasteiger partial charge in [-0.15, -0.1) is 0 Å². The molecule has 0 aliphatic heterocycles. The highest BCUT2D eigenvalue weighted by Gasteiger charge is 2.14. The van der Waals surface area contributed by atoms with E-state index in [2.05, 4.69) is 12.2 Å². The SMILES string of the molecule is CCCCCSCCC(NC=O)C(=O)O. The maximum Gasteiger partial charge on any atom is 0.326 e. The predicted octanol–water partition coefficient (Wildman–Crippen LogP) is 1.50. The first-order valence-electron chi connectivity index (χ1n) is 5.22. The first-order valence-corrected chi connectivity index (χ1v) is 6.38. The molecule has 0 bridgehead atoms. The quantitative estimate of drug-likeness (QED) is 0.443. The highest BCUT2D eigenvalue weighted by Crippen LogP contribution is 2.09. The second-order valence-electron chi connectivity index (χ2n) is 3.28. The third-order valence-electron chi connectivity index (χ3n) is 2.01. The van der Waals surface area contributed by atoms with E-state index in [1.165, 1.54) is 19.3 Å². The summed E-state index contributed by atoms with van der Waals surface area (Å²) in [7, 11) is 0. The van der Waals surface area contributed by atoms with E-state index in [-0.39, 0.29) is 0 Å². The number of carbonyl (C=O) groups is 2. The molecule has 1 amide bonds. The summed E-state index contributed by atoms with van der Waals surface area (Å²) < 4.78 is 0. The standard InChI is InChI=1S/C10H19NO3S/c1-2-3-4-6-15-7-5-9(10(13)14)11-8-12/h8-9H,2-7H2,1H3,(H,11,12)(H,13,14). The molecule has 2 N–H and O–H groups in total. The first kappa shape index (κ1) is 14.3. The van der Waals surface area contributed by atoms with E-state index < -0.39 is 12.0 Å². The molecular weight excluding hydrogens is 214 g/mol. The minimum Gasteiger partial charge on any atom is -0.480 e. The molecule has 0 saturated carbocycles. The maximum atomic E-state index is 10.6. The van der Waals surface area contributed by atoms with Crippen LogP contribution >= 0.6 is 11.8 Å². The van der Waals surface area contributed by atoms with Gasteiger partial charge in [0, 0.05) is 0 Å². The number of hydrogen-bond donors (Lipinski definition) is 2. The number of carboxylic acids is 1. The molecule has 1 atom stereocenters. The molecule has 15 heavy (non-hydrogen) atoms. The lowest BCUT2D eigenvalue weighted by atomic mass is 10.2. The van der Waals surface area contributed by atoms with Crippen LogP contribution in [0.4, 0.5) is 0 Å². The van der Waals surface area contributed by atoms with Crippen molar-refractivity contribution in [3.05, 3.63) is 0 Å². The van der Waals surface area contributed by atoms with Crippen LogP contribution in [0.2, 0.25) is 0 Å². The molecular formula is C10H19NO3S. The van der Waals surface area contributed by atoms with Gasteiger partial charge in [0.25, 0.3) is 0 Å². The number of thioether (sulfide) groups is 1. The van der Waals surface area contributed by atoms with E-state index in [9.17, 15) is 9.59 Å². The predicted molar refractivity (Wildman–Crippen MR) is 62.1 cm³/mol. The molecule has 0 radical (unpaired) electrons. The summed E-state index contributed by atoms with van der Waals surface area (Å²) in [5.74, 6) is 0.888. The third kappa shape index (κ3) is 8.30. The molecule has 0 saturated heterocycles. The van der Waals surface area contributed by atoms with Crippen LogP contribution in [-0.4, -0.2) is 35.0 Å². The summed E-state index contributed by atoms with van der Waals surface area (Å²) in [6.45, 7) is 2.15. The highest BCUT2D eigenvalue weighted by atomic mass is 32.2. The Bertz CT molecular complexity index is 188. The third-order valence-corrected chi connectivity index (χ3v) is 3.11. The van der Waals surface area contributed by atoms with Gasteiger partial charge in [0.1, 0.15) is 6.04 Å². The lowest BCUT2D eigenvalue weighted by Crippen LogP contribution is -2.36. The topological polar surface area (TPSA) is 66.4 Å². The minimum atomic E-state index is -0.962. The lowest BCUT2D eigenvalue weighted by molar-refractivity contribution is -0.140. The van der Waals surface area contributed by atoms with Crippen LogP contribution in [0.15, 0.2) is 0 Å². The van der Waals surface area contributed by atoms with Crippen LogP contribution in [0.1, 0.15) is 32.6 Å². The molecule has 1 unspecified atom stereocenters. The van der Waals surface area contributed by atoms with Crippen molar-refractivity contribution >= 4 is 24.1 Å². The zero-order chi connectivity index (χ0) is 11.5. The smallest absolute Gasteiger partial charge is 0.326 e. The van der Waals surface area contributed by atoms with Gasteiger partial charge in [-0.1, -0.05) is 19.8 Å². The van der Waals surface area contributed by atoms with E-state index in [1.54, 1.807) is 11.8 Å². The molecule has 0 aromatic rings. The molecule has 5 heteroatoms. The number of hydrogen-bond acceptors (Lipinski definition) is 3. The first-order chi connectivity index (χ1) is 7.22. The van der Waals surface area contributed by atoms with Crippen molar-refractivity contribution < 1.29 is 14.7 Å². The van der Waals surface area contributed by atoms with Gasteiger partial charge < -0.3 is 10.4 Å². The monoisotopic (exact) mass is 233 g/mol. The molecule has 0 aliphatic rings. The van der Waals surface area contributed by atoms with E-state index >= 15 is 0 Å². The number of rotatable bonds is 10. The highest BCUT2D eigenvalue weighted by molar-refractivity contribution is 7.99. The summed E-state index contributed by atoms with van der Waals surface area (Å²) in [5, 5.41) is 11.0. The van der Waals surface area contributed by atoms with Crippen molar-refractivity contribution in [3.63, 3.8) is 0 Å². The molecule has 0 heterocycles. The normalized spacial score (nSPS) is 12.1. The fourth-order valence-corrected chi connectivity index (χ4v) is 2.13. The fourth-order valence-electron chi connectivity index (χ4n) is 1.12. The van der Waals surface area contributed by atoms with Gasteiger partial charge in [-0.25, -0.2) is 4.79 Å². The zero-order valence-corrected chi connectivity index (χ0v) is 9.89. The van der Waals surface area contributed by atoms with Crippen LogP contribution in [0.3, 0.4) is 0 Å². The molecule has 0 rings (SSSR count). The summed E-state index contributed by atoms with van der Waals surface area (Å²) in [5.41, 5.74) is 0. The molecule has 0 aromatic carbocycles. The molecule has 88 valence electrons. The number of unbranched alkanes of at least 4 members (excludes halogenated alkanes) is 2. The van der Waals surface area contributed by atoms with Crippen molar-refractivity contribution in [1.82, 2.24) is 5.32 Å². The average Bonchev–Trinajstić information content (AvgIpc) is 2.21. The van der Waals surface area contributed by atoms with Gasteiger partial charge in [0.2, 0.25) is 6.41 Å².